The maximum absolute atomic E-state index is 4.57. The van der Waals surface area contributed by atoms with E-state index in [-0.39, 0.29) is 0 Å². The first-order valence-corrected chi connectivity index (χ1v) is 8.82. The van der Waals surface area contributed by atoms with Crippen LogP contribution in [0.1, 0.15) is 58.6 Å². The number of hydrogen-bond acceptors (Lipinski definition) is 2. The van der Waals surface area contributed by atoms with E-state index in [1.807, 2.05) is 11.7 Å². The summed E-state index contributed by atoms with van der Waals surface area (Å²) in [4.78, 5) is 0. The van der Waals surface area contributed by atoms with Crippen LogP contribution in [0.25, 0.3) is 0 Å². The summed E-state index contributed by atoms with van der Waals surface area (Å²) in [6.45, 7) is 8.14. The van der Waals surface area contributed by atoms with Gasteiger partial charge in [-0.05, 0) is 62.5 Å². The van der Waals surface area contributed by atoms with Crippen molar-refractivity contribution in [2.75, 3.05) is 6.54 Å². The van der Waals surface area contributed by atoms with Gasteiger partial charge in [0.2, 0.25) is 0 Å². The fraction of sp³-hybridized carbons (Fsp3) is 0.833. The Kier molecular flexibility index (Phi) is 6.28. The van der Waals surface area contributed by atoms with Crippen LogP contribution in [-0.4, -0.2) is 22.4 Å². The van der Waals surface area contributed by atoms with Crippen molar-refractivity contribution in [2.45, 2.75) is 65.3 Å². The highest BCUT2D eigenvalue weighted by Crippen LogP contribution is 2.35. The Labute approximate surface area is 130 Å². The van der Waals surface area contributed by atoms with E-state index < -0.39 is 0 Å². The zero-order valence-electron chi connectivity index (χ0n) is 14.3. The standard InChI is InChI=1S/C18H33N3/c1-5-11-19-18(13-17-10-12-21(4)20-17)16-8-6-15(7-9-16)14(2)3/h10,12,14-16,18-19H,5-9,11,13H2,1-4H3. The second-order valence-electron chi connectivity index (χ2n) is 7.16. The zero-order chi connectivity index (χ0) is 15.2. The maximum Gasteiger partial charge on any atom is 0.0640 e. The minimum Gasteiger partial charge on any atom is -0.313 e. The van der Waals surface area contributed by atoms with E-state index in [4.69, 9.17) is 0 Å². The van der Waals surface area contributed by atoms with E-state index in [1.165, 1.54) is 37.8 Å². The Morgan fingerprint density at radius 2 is 1.90 bits per heavy atom. The minimum absolute atomic E-state index is 0.605. The summed E-state index contributed by atoms with van der Waals surface area (Å²) in [6, 6.07) is 2.77. The van der Waals surface area contributed by atoms with Crippen LogP contribution in [0.2, 0.25) is 0 Å². The fourth-order valence-corrected chi connectivity index (χ4v) is 3.75. The summed E-state index contributed by atoms with van der Waals surface area (Å²) >= 11 is 0. The highest BCUT2D eigenvalue weighted by molar-refractivity contribution is 5.02. The number of rotatable bonds is 7. The van der Waals surface area contributed by atoms with Crippen LogP contribution in [0, 0.1) is 17.8 Å². The van der Waals surface area contributed by atoms with Gasteiger partial charge in [0, 0.05) is 25.7 Å². The summed E-state index contributed by atoms with van der Waals surface area (Å²) < 4.78 is 1.92. The molecule has 1 aliphatic rings. The van der Waals surface area contributed by atoms with Gasteiger partial charge < -0.3 is 5.32 Å². The SMILES string of the molecule is CCCNC(Cc1ccn(C)n1)C1CCC(C(C)C)CC1. The van der Waals surface area contributed by atoms with Crippen molar-refractivity contribution in [3.63, 3.8) is 0 Å². The molecule has 3 heteroatoms. The molecule has 21 heavy (non-hydrogen) atoms. The average Bonchev–Trinajstić information content (AvgIpc) is 2.89. The summed E-state index contributed by atoms with van der Waals surface area (Å²) in [7, 11) is 2.01. The topological polar surface area (TPSA) is 29.9 Å². The molecule has 0 radical (unpaired) electrons. The highest BCUT2D eigenvalue weighted by atomic mass is 15.2. The van der Waals surface area contributed by atoms with E-state index in [0.29, 0.717) is 6.04 Å². The second-order valence-corrected chi connectivity index (χ2v) is 7.16. The first-order chi connectivity index (χ1) is 10.1. The third kappa shape index (κ3) is 4.84. The highest BCUT2D eigenvalue weighted by Gasteiger charge is 2.28. The molecule has 120 valence electrons. The Bertz CT molecular complexity index is 402. The number of hydrogen-bond donors (Lipinski definition) is 1. The molecule has 0 aliphatic heterocycles. The zero-order valence-corrected chi connectivity index (χ0v) is 14.3. The first kappa shape index (κ1) is 16.5. The summed E-state index contributed by atoms with van der Waals surface area (Å²) in [5, 5.41) is 8.36. The lowest BCUT2D eigenvalue weighted by molar-refractivity contribution is 0.187. The monoisotopic (exact) mass is 291 g/mol. The first-order valence-electron chi connectivity index (χ1n) is 8.82. The molecule has 0 aromatic carbocycles. The van der Waals surface area contributed by atoms with Gasteiger partial charge in [0.15, 0.2) is 0 Å². The van der Waals surface area contributed by atoms with E-state index in [2.05, 4.69) is 43.4 Å². The molecule has 0 saturated heterocycles. The third-order valence-corrected chi connectivity index (χ3v) is 5.18. The van der Waals surface area contributed by atoms with Crippen LogP contribution in [-0.2, 0) is 13.5 Å². The molecule has 3 nitrogen and oxygen atoms in total. The molecule has 1 unspecified atom stereocenters. The minimum atomic E-state index is 0.605. The van der Waals surface area contributed by atoms with E-state index in [1.54, 1.807) is 0 Å². The molecule has 1 aromatic heterocycles. The molecule has 1 saturated carbocycles. The second kappa shape index (κ2) is 7.98. The lowest BCUT2D eigenvalue weighted by Crippen LogP contribution is -2.40. The number of nitrogens with one attached hydrogen (secondary N) is 1. The van der Waals surface area contributed by atoms with Crippen molar-refractivity contribution in [1.29, 1.82) is 0 Å². The third-order valence-electron chi connectivity index (χ3n) is 5.18. The molecule has 1 heterocycles. The predicted octanol–water partition coefficient (Wildman–Crippen LogP) is 3.79. The van der Waals surface area contributed by atoms with Gasteiger partial charge >= 0.3 is 0 Å². The van der Waals surface area contributed by atoms with Crippen molar-refractivity contribution in [2.24, 2.45) is 24.8 Å². The normalized spacial score (nSPS) is 24.4. The molecular formula is C18H33N3. The molecule has 0 bridgehead atoms. The maximum atomic E-state index is 4.57. The Hall–Kier alpha value is -0.830. The van der Waals surface area contributed by atoms with E-state index in [0.717, 1.165) is 30.7 Å². The van der Waals surface area contributed by atoms with Crippen LogP contribution in [0.15, 0.2) is 12.3 Å². The summed E-state index contributed by atoms with van der Waals surface area (Å²) in [6.07, 6.45) is 9.94. The van der Waals surface area contributed by atoms with Crippen LogP contribution < -0.4 is 5.32 Å². The lowest BCUT2D eigenvalue weighted by Gasteiger charge is -2.35. The predicted molar refractivity (Wildman–Crippen MR) is 89.3 cm³/mol. The Morgan fingerprint density at radius 3 is 2.43 bits per heavy atom. The van der Waals surface area contributed by atoms with Gasteiger partial charge in [0.1, 0.15) is 0 Å². The van der Waals surface area contributed by atoms with Crippen LogP contribution in [0.3, 0.4) is 0 Å². The van der Waals surface area contributed by atoms with Gasteiger partial charge in [-0.25, -0.2) is 0 Å². The Balaban J connectivity index is 1.93. The number of nitrogens with zero attached hydrogens (tertiary/aromatic N) is 2. The average molecular weight is 291 g/mol. The van der Waals surface area contributed by atoms with Gasteiger partial charge in [-0.15, -0.1) is 0 Å². The fourth-order valence-electron chi connectivity index (χ4n) is 3.75. The molecule has 2 rings (SSSR count). The van der Waals surface area contributed by atoms with Crippen molar-refractivity contribution < 1.29 is 0 Å². The largest absolute Gasteiger partial charge is 0.313 e. The quantitative estimate of drug-likeness (QED) is 0.828. The summed E-state index contributed by atoms with van der Waals surface area (Å²) in [5.74, 6) is 2.63. The van der Waals surface area contributed by atoms with Gasteiger partial charge in [0.25, 0.3) is 0 Å². The molecule has 0 spiro atoms. The van der Waals surface area contributed by atoms with Crippen LogP contribution in [0.5, 0.6) is 0 Å². The van der Waals surface area contributed by atoms with Gasteiger partial charge in [-0.1, -0.05) is 20.8 Å². The Morgan fingerprint density at radius 1 is 1.24 bits per heavy atom. The molecule has 0 amide bonds. The van der Waals surface area contributed by atoms with Crippen LogP contribution in [0.4, 0.5) is 0 Å². The smallest absolute Gasteiger partial charge is 0.0640 e. The number of aromatic nitrogens is 2. The van der Waals surface area contributed by atoms with E-state index in [9.17, 15) is 0 Å². The van der Waals surface area contributed by atoms with Gasteiger partial charge in [-0.3, -0.25) is 4.68 Å². The van der Waals surface area contributed by atoms with Crippen molar-refractivity contribution in [1.82, 2.24) is 15.1 Å². The lowest BCUT2D eigenvalue weighted by atomic mass is 9.74. The van der Waals surface area contributed by atoms with Crippen molar-refractivity contribution in [3.05, 3.63) is 18.0 Å². The molecular weight excluding hydrogens is 258 g/mol. The van der Waals surface area contributed by atoms with Gasteiger partial charge in [-0.2, -0.15) is 5.10 Å². The van der Waals surface area contributed by atoms with Crippen LogP contribution >= 0.6 is 0 Å². The van der Waals surface area contributed by atoms with Gasteiger partial charge in [0.05, 0.1) is 5.69 Å². The molecule has 1 N–H and O–H groups in total. The van der Waals surface area contributed by atoms with Crippen molar-refractivity contribution >= 4 is 0 Å². The van der Waals surface area contributed by atoms with Crippen molar-refractivity contribution in [3.8, 4) is 0 Å². The molecule has 1 fully saturated rings. The molecule has 1 atom stereocenters. The van der Waals surface area contributed by atoms with E-state index >= 15 is 0 Å². The number of aryl methyl sites for hydroxylation is 1. The molecule has 1 aliphatic carbocycles. The molecule has 1 aromatic rings. The summed E-state index contributed by atoms with van der Waals surface area (Å²) in [5.41, 5.74) is 1.23.